The van der Waals surface area contributed by atoms with Gasteiger partial charge in [0.15, 0.2) is 0 Å². The third-order valence-electron chi connectivity index (χ3n) is 3.12. The van der Waals surface area contributed by atoms with Crippen molar-refractivity contribution in [3.05, 3.63) is 0 Å². The average molecular weight is 257 g/mol. The monoisotopic (exact) mass is 257 g/mol. The molecule has 5 heteroatoms. The SMILES string of the molecule is CC(C)CC(NC(=O)OC1CCCCC1)C(=O)O. The second-order valence-corrected chi connectivity index (χ2v) is 5.33. The van der Waals surface area contributed by atoms with E-state index in [1.54, 1.807) is 0 Å². The van der Waals surface area contributed by atoms with Crippen molar-refractivity contribution in [2.24, 2.45) is 5.92 Å². The van der Waals surface area contributed by atoms with Crippen molar-refractivity contribution < 1.29 is 19.4 Å². The highest BCUT2D eigenvalue weighted by molar-refractivity contribution is 5.79. The molecular weight excluding hydrogens is 234 g/mol. The molecule has 18 heavy (non-hydrogen) atoms. The molecule has 1 fully saturated rings. The van der Waals surface area contributed by atoms with Gasteiger partial charge in [-0.1, -0.05) is 20.3 Å². The molecule has 1 atom stereocenters. The second-order valence-electron chi connectivity index (χ2n) is 5.33. The summed E-state index contributed by atoms with van der Waals surface area (Å²) in [6, 6.07) is -0.860. The minimum absolute atomic E-state index is 0.0488. The highest BCUT2D eigenvalue weighted by Gasteiger charge is 2.24. The van der Waals surface area contributed by atoms with Gasteiger partial charge in [0, 0.05) is 0 Å². The Balaban J connectivity index is 2.37. The van der Waals surface area contributed by atoms with Gasteiger partial charge in [0.1, 0.15) is 12.1 Å². The molecule has 1 unspecified atom stereocenters. The first-order valence-corrected chi connectivity index (χ1v) is 6.69. The van der Waals surface area contributed by atoms with Gasteiger partial charge in [-0.15, -0.1) is 0 Å². The number of carboxylic acid groups (broad SMARTS) is 1. The maximum atomic E-state index is 11.6. The van der Waals surface area contributed by atoms with E-state index in [0.717, 1.165) is 25.7 Å². The summed E-state index contributed by atoms with van der Waals surface area (Å²) < 4.78 is 5.24. The van der Waals surface area contributed by atoms with Crippen LogP contribution in [0.15, 0.2) is 0 Å². The van der Waals surface area contributed by atoms with Gasteiger partial charge in [-0.25, -0.2) is 9.59 Å². The minimum atomic E-state index is -1.01. The summed E-state index contributed by atoms with van der Waals surface area (Å²) in [4.78, 5) is 22.6. The average Bonchev–Trinajstić information content (AvgIpc) is 2.28. The van der Waals surface area contributed by atoms with E-state index in [0.29, 0.717) is 6.42 Å². The Morgan fingerprint density at radius 2 is 1.89 bits per heavy atom. The number of hydrogen-bond donors (Lipinski definition) is 2. The zero-order chi connectivity index (χ0) is 13.5. The van der Waals surface area contributed by atoms with Gasteiger partial charge in [0.05, 0.1) is 0 Å². The van der Waals surface area contributed by atoms with E-state index in [1.165, 1.54) is 6.42 Å². The van der Waals surface area contributed by atoms with Crippen LogP contribution in [0.5, 0.6) is 0 Å². The van der Waals surface area contributed by atoms with Gasteiger partial charge >= 0.3 is 12.1 Å². The van der Waals surface area contributed by atoms with Gasteiger partial charge < -0.3 is 15.2 Å². The predicted octanol–water partition coefficient (Wildman–Crippen LogP) is 2.54. The molecule has 1 saturated carbocycles. The Morgan fingerprint density at radius 3 is 2.39 bits per heavy atom. The molecule has 0 aromatic rings. The van der Waals surface area contributed by atoms with Crippen LogP contribution < -0.4 is 5.32 Å². The Labute approximate surface area is 108 Å². The summed E-state index contributed by atoms with van der Waals surface area (Å²) in [6.07, 6.45) is 4.87. The fraction of sp³-hybridized carbons (Fsp3) is 0.846. The lowest BCUT2D eigenvalue weighted by Crippen LogP contribution is -2.43. The number of hydrogen-bond acceptors (Lipinski definition) is 3. The first-order chi connectivity index (χ1) is 8.49. The van der Waals surface area contributed by atoms with Crippen molar-refractivity contribution in [2.75, 3.05) is 0 Å². The van der Waals surface area contributed by atoms with Gasteiger partial charge in [-0.2, -0.15) is 0 Å². The summed E-state index contributed by atoms with van der Waals surface area (Å²) >= 11 is 0. The molecule has 1 rings (SSSR count). The molecule has 0 aromatic carbocycles. The third-order valence-corrected chi connectivity index (χ3v) is 3.12. The number of aliphatic carboxylic acids is 1. The number of rotatable bonds is 5. The van der Waals surface area contributed by atoms with E-state index in [1.807, 2.05) is 13.8 Å². The zero-order valence-corrected chi connectivity index (χ0v) is 11.1. The molecule has 0 radical (unpaired) electrons. The highest BCUT2D eigenvalue weighted by Crippen LogP contribution is 2.20. The lowest BCUT2D eigenvalue weighted by Gasteiger charge is -2.23. The Kier molecular flexibility index (Phi) is 5.95. The van der Waals surface area contributed by atoms with Crippen LogP contribution in [-0.2, 0) is 9.53 Å². The van der Waals surface area contributed by atoms with Gasteiger partial charge in [0.25, 0.3) is 0 Å². The maximum absolute atomic E-state index is 11.6. The van der Waals surface area contributed by atoms with Gasteiger partial charge in [0.2, 0.25) is 0 Å². The number of nitrogens with one attached hydrogen (secondary N) is 1. The summed E-state index contributed by atoms with van der Waals surface area (Å²) in [7, 11) is 0. The molecule has 1 amide bonds. The topological polar surface area (TPSA) is 75.6 Å². The van der Waals surface area contributed by atoms with Crippen molar-refractivity contribution in [3.63, 3.8) is 0 Å². The number of carbonyl (C=O) groups is 2. The van der Waals surface area contributed by atoms with Gasteiger partial charge in [-0.05, 0) is 38.0 Å². The highest BCUT2D eigenvalue weighted by atomic mass is 16.6. The van der Waals surface area contributed by atoms with E-state index in [2.05, 4.69) is 5.32 Å². The third kappa shape index (κ3) is 5.38. The van der Waals surface area contributed by atoms with E-state index < -0.39 is 18.1 Å². The van der Waals surface area contributed by atoms with Crippen LogP contribution in [0, 0.1) is 5.92 Å². The fourth-order valence-electron chi connectivity index (χ4n) is 2.20. The molecule has 0 heterocycles. The molecule has 0 bridgehead atoms. The van der Waals surface area contributed by atoms with Crippen molar-refractivity contribution >= 4 is 12.1 Å². The smallest absolute Gasteiger partial charge is 0.408 e. The number of alkyl carbamates (subject to hydrolysis) is 1. The van der Waals surface area contributed by atoms with Gasteiger partial charge in [-0.3, -0.25) is 0 Å². The molecule has 0 spiro atoms. The van der Waals surface area contributed by atoms with Crippen molar-refractivity contribution in [1.29, 1.82) is 0 Å². The van der Waals surface area contributed by atoms with Crippen LogP contribution in [0.1, 0.15) is 52.4 Å². The Bertz CT molecular complexity index is 285. The number of carboxylic acids is 1. The molecule has 2 N–H and O–H groups in total. The number of carbonyl (C=O) groups excluding carboxylic acids is 1. The maximum Gasteiger partial charge on any atom is 0.408 e. The van der Waals surface area contributed by atoms with Crippen molar-refractivity contribution in [3.8, 4) is 0 Å². The van der Waals surface area contributed by atoms with Crippen LogP contribution >= 0.6 is 0 Å². The second kappa shape index (κ2) is 7.24. The number of amides is 1. The number of ether oxygens (including phenoxy) is 1. The molecule has 104 valence electrons. The normalized spacial score (nSPS) is 18.4. The van der Waals surface area contributed by atoms with Crippen LogP contribution in [0.4, 0.5) is 4.79 Å². The summed E-state index contributed by atoms with van der Waals surface area (Å²) in [6.45, 7) is 3.84. The molecule has 1 aliphatic rings. The Morgan fingerprint density at radius 1 is 1.28 bits per heavy atom. The first kappa shape index (κ1) is 14.8. The van der Waals surface area contributed by atoms with Crippen LogP contribution in [0.25, 0.3) is 0 Å². The van der Waals surface area contributed by atoms with E-state index in [4.69, 9.17) is 9.84 Å². The molecular formula is C13H23NO4. The Hall–Kier alpha value is -1.26. The van der Waals surface area contributed by atoms with Crippen LogP contribution in [-0.4, -0.2) is 29.3 Å². The van der Waals surface area contributed by atoms with E-state index >= 15 is 0 Å². The van der Waals surface area contributed by atoms with E-state index in [9.17, 15) is 9.59 Å². The summed E-state index contributed by atoms with van der Waals surface area (Å²) in [5.41, 5.74) is 0. The quantitative estimate of drug-likeness (QED) is 0.793. The fourth-order valence-corrected chi connectivity index (χ4v) is 2.20. The largest absolute Gasteiger partial charge is 0.480 e. The van der Waals surface area contributed by atoms with Crippen molar-refractivity contribution in [1.82, 2.24) is 5.32 Å². The first-order valence-electron chi connectivity index (χ1n) is 6.69. The molecule has 0 saturated heterocycles. The summed E-state index contributed by atoms with van der Waals surface area (Å²) in [5, 5.41) is 11.4. The molecule has 5 nitrogen and oxygen atoms in total. The zero-order valence-electron chi connectivity index (χ0n) is 11.1. The van der Waals surface area contributed by atoms with Crippen molar-refractivity contribution in [2.45, 2.75) is 64.5 Å². The standard InChI is InChI=1S/C13H23NO4/c1-9(2)8-11(12(15)16)14-13(17)18-10-6-4-3-5-7-10/h9-11H,3-8H2,1-2H3,(H,14,17)(H,15,16). The summed E-state index contributed by atoms with van der Waals surface area (Å²) in [5.74, 6) is -0.801. The molecule has 0 aromatic heterocycles. The van der Waals surface area contributed by atoms with Crippen LogP contribution in [0.2, 0.25) is 0 Å². The minimum Gasteiger partial charge on any atom is -0.480 e. The molecule has 1 aliphatic carbocycles. The lowest BCUT2D eigenvalue weighted by molar-refractivity contribution is -0.139. The lowest BCUT2D eigenvalue weighted by atomic mass is 9.98. The predicted molar refractivity (Wildman–Crippen MR) is 67.4 cm³/mol. The molecule has 0 aliphatic heterocycles. The van der Waals surface area contributed by atoms with Crippen LogP contribution in [0.3, 0.4) is 0 Å². The van der Waals surface area contributed by atoms with E-state index in [-0.39, 0.29) is 12.0 Å².